The van der Waals surface area contributed by atoms with E-state index < -0.39 is 71.7 Å². The zero-order valence-electron chi connectivity index (χ0n) is 85.7. The van der Waals surface area contributed by atoms with E-state index in [1.807, 2.05) is 0 Å². The molecule has 6 amide bonds. The summed E-state index contributed by atoms with van der Waals surface area (Å²) >= 11 is 0. The summed E-state index contributed by atoms with van der Waals surface area (Å²) in [6.45, 7) is 28.5. The van der Waals surface area contributed by atoms with Crippen LogP contribution in [-0.4, -0.2) is 208 Å². The van der Waals surface area contributed by atoms with Crippen LogP contribution >= 0.6 is 0 Å². The Hall–Kier alpha value is -3.66. The Morgan fingerprint density at radius 2 is 0.493 bits per heavy atom. The van der Waals surface area contributed by atoms with Gasteiger partial charge in [-0.25, -0.2) is 0 Å². The molecule has 136 heavy (non-hydrogen) atoms. The van der Waals surface area contributed by atoms with Gasteiger partial charge in [0.15, 0.2) is 0 Å². The van der Waals surface area contributed by atoms with Gasteiger partial charge in [0, 0.05) is 51.9 Å². The molecule has 16 aliphatic carbocycles. The highest BCUT2D eigenvalue weighted by Gasteiger charge is 2.72. The van der Waals surface area contributed by atoms with Crippen LogP contribution in [0.5, 0.6) is 0 Å². The minimum atomic E-state index is -0.870. The standard InChI is InChI=1S/C112H188N6O18/c1-61(73-25-29-77-99-81(57-91(127)109(73,77)9)105(5)41-37-69(119)49-65(105)53-87(99)123)21-33-95(131)113-45-15-13-19-85(117-97(133)35-23-63(3)75-27-31-79-101-83(59-93(129)111(75,79)11)107(7)43-39-71(121)51-67(107)55-89(101)125)103(135)115-47-17-18-48-116-104(136)86(118-98(134)36-24-64(4)76-28-32-80-102-84(60-94(130)112(76,80)12)108(8)44-40-72(122)52-68(108)56-90(102)126)20-14-16-46-114-96(132)34-22-62(2)74-26-30-78-100-82(58-92(128)110(74,78)10)106(6)42-38-70(120)50-66(106)54-88(100)124/h61-94,99-102,119-130H,13-60H2,1-12H3,(H,113,131)(H,114,132)(H,115,135)(H,116,136)(H,117,133)(H,118,134)/t61-,62-,63-,64-,65+,66+,67+,68+,69-,70-,71-,72-,73-,74-,75-,76-,77+,78+,79+,80+,81+,82+,83+,84+,85?,86?,87-,88-,89-,90-,91+,92+,93+,94+,99+,100+,101+,102+,105+,106+,107+,108+,109-,110-,111-,112-/m1/s1. The zero-order chi connectivity index (χ0) is 97.6. The third-order valence-electron chi connectivity index (χ3n) is 46.4. The van der Waals surface area contributed by atoms with Crippen molar-refractivity contribution >= 4 is 35.4 Å². The fourth-order valence-corrected chi connectivity index (χ4v) is 38.3. The summed E-state index contributed by atoms with van der Waals surface area (Å²) in [7, 11) is 0. The van der Waals surface area contributed by atoms with Crippen LogP contribution < -0.4 is 31.9 Å². The molecule has 24 heteroatoms. The summed E-state index contributed by atoms with van der Waals surface area (Å²) in [4.78, 5) is 85.4. The lowest BCUT2D eigenvalue weighted by Crippen LogP contribution is -2.62. The maximum Gasteiger partial charge on any atom is 0.242 e. The molecule has 0 bridgehead atoms. The Kier molecular flexibility index (Phi) is 32.5. The van der Waals surface area contributed by atoms with Crippen LogP contribution in [0.2, 0.25) is 0 Å². The Bertz CT molecular complexity index is 3860. The molecule has 0 radical (unpaired) electrons. The number of carbonyl (C=O) groups is 6. The second-order valence-electron chi connectivity index (χ2n) is 52.4. The fraction of sp³-hybridized carbons (Fsp3) is 0.946. The van der Waals surface area contributed by atoms with Crippen molar-refractivity contribution in [3.63, 3.8) is 0 Å². The van der Waals surface area contributed by atoms with Gasteiger partial charge in [-0.05, 0) is 442 Å². The maximum atomic E-state index is 14.6. The van der Waals surface area contributed by atoms with E-state index in [2.05, 4.69) is 115 Å². The van der Waals surface area contributed by atoms with Gasteiger partial charge in [-0.1, -0.05) is 83.1 Å². The molecule has 18 N–H and O–H groups in total. The molecule has 24 nitrogen and oxygen atoms in total. The van der Waals surface area contributed by atoms with Crippen LogP contribution in [0.4, 0.5) is 0 Å². The van der Waals surface area contributed by atoms with Gasteiger partial charge in [0.1, 0.15) is 12.1 Å². The predicted molar refractivity (Wildman–Crippen MR) is 522 cm³/mol. The first-order valence-electron chi connectivity index (χ1n) is 56.3. The van der Waals surface area contributed by atoms with Crippen molar-refractivity contribution in [3.05, 3.63) is 0 Å². The molecule has 46 atom stereocenters. The van der Waals surface area contributed by atoms with E-state index >= 15 is 0 Å². The molecule has 0 aliphatic heterocycles. The molecule has 16 saturated carbocycles. The lowest BCUT2D eigenvalue weighted by atomic mass is 9.43. The van der Waals surface area contributed by atoms with E-state index in [0.717, 1.165) is 103 Å². The highest BCUT2D eigenvalue weighted by atomic mass is 16.3. The largest absolute Gasteiger partial charge is 0.393 e. The maximum absolute atomic E-state index is 14.6. The van der Waals surface area contributed by atoms with Crippen LogP contribution in [0, 0.1) is 185 Å². The average Bonchev–Trinajstić information content (AvgIpc) is 1.61. The van der Waals surface area contributed by atoms with Crippen LogP contribution in [0.25, 0.3) is 0 Å². The van der Waals surface area contributed by atoms with Gasteiger partial charge in [-0.2, -0.15) is 0 Å². The highest BCUT2D eigenvalue weighted by Crippen LogP contribution is 2.74. The number of hydrogen-bond donors (Lipinski definition) is 18. The predicted octanol–water partition coefficient (Wildman–Crippen LogP) is 13.1. The first-order chi connectivity index (χ1) is 64.4. The quantitative estimate of drug-likeness (QED) is 0.0262. The third-order valence-corrected chi connectivity index (χ3v) is 46.4. The molecule has 0 aromatic rings. The smallest absolute Gasteiger partial charge is 0.242 e. The van der Waals surface area contributed by atoms with Crippen LogP contribution in [-0.2, 0) is 28.8 Å². The van der Waals surface area contributed by atoms with Crippen molar-refractivity contribution in [1.82, 2.24) is 31.9 Å². The highest BCUT2D eigenvalue weighted by molar-refractivity contribution is 5.88. The van der Waals surface area contributed by atoms with Gasteiger partial charge in [0.2, 0.25) is 35.4 Å². The third kappa shape index (κ3) is 19.6. The van der Waals surface area contributed by atoms with Crippen molar-refractivity contribution < 1.29 is 90.0 Å². The normalized spacial score (nSPS) is 47.6. The van der Waals surface area contributed by atoms with Gasteiger partial charge < -0.3 is 93.2 Å². The molecule has 0 aromatic heterocycles. The minimum absolute atomic E-state index is 0.0151. The number of aliphatic hydroxyl groups excluding tert-OH is 12. The minimum Gasteiger partial charge on any atom is -0.393 e. The summed E-state index contributed by atoms with van der Waals surface area (Å²) in [6.07, 6.45) is 24.1. The van der Waals surface area contributed by atoms with Crippen LogP contribution in [0.3, 0.4) is 0 Å². The number of amides is 6. The summed E-state index contributed by atoms with van der Waals surface area (Å²) in [6, 6.07) is -1.74. The summed E-state index contributed by atoms with van der Waals surface area (Å²) in [5.74, 6) is 2.55. The zero-order valence-corrected chi connectivity index (χ0v) is 85.7. The van der Waals surface area contributed by atoms with Gasteiger partial charge in [-0.3, -0.25) is 28.8 Å². The van der Waals surface area contributed by atoms with Crippen molar-refractivity contribution in [2.75, 3.05) is 26.2 Å². The van der Waals surface area contributed by atoms with E-state index in [4.69, 9.17) is 0 Å². The number of fused-ring (bicyclic) bond motifs is 20. The SMILES string of the molecule is C[C@H](CCC(=O)NCCCCC(NC(=O)CC[C@@H](C)[C@H]1CC[C@H]2[C@@H]3[C@H](O)C[C@@H]4C[C@H](O)CC[C@]4(C)[C@H]3C[C@H](O)[C@]12C)C(=O)NCCCCNC(=O)C(CCCCNC(=O)CC[C@@H](C)[C@H]1CC[C@H]2[C@@H]3[C@H](O)C[C@@H]4C[C@H](O)CC[C@]4(C)[C@H]3C[C@H](O)[C@]12C)NC(=O)CC[C@@H](C)[C@H]1CC[C@H]2[C@@H]3[C@H](O)C[C@@H]4C[C@H](O)CC[C@]4(C)[C@H]3C[C@H](O)[C@]12C)[C@H]1CC[C@H]2[C@@H]3[C@H](O)C[C@@H]4C[C@H](O)CC[C@]4(C)[C@H]3C[C@H](O)[C@]12C. The molecular weight excluding hydrogens is 1720 g/mol. The Balaban J connectivity index is 0.520. The summed E-state index contributed by atoms with van der Waals surface area (Å²) in [5.41, 5.74) is -1.76. The van der Waals surface area contributed by atoms with Gasteiger partial charge in [0.05, 0.1) is 73.2 Å². The molecule has 16 aliphatic rings. The molecule has 0 spiro atoms. The van der Waals surface area contributed by atoms with E-state index in [0.29, 0.717) is 180 Å². The second-order valence-corrected chi connectivity index (χ2v) is 52.4. The van der Waals surface area contributed by atoms with E-state index in [-0.39, 0.29) is 260 Å². The fourth-order valence-electron chi connectivity index (χ4n) is 38.3. The van der Waals surface area contributed by atoms with Crippen molar-refractivity contribution in [1.29, 1.82) is 0 Å². The number of rotatable bonds is 35. The topological polar surface area (TPSA) is 417 Å². The van der Waals surface area contributed by atoms with Gasteiger partial charge in [0.25, 0.3) is 0 Å². The van der Waals surface area contributed by atoms with Gasteiger partial charge >= 0.3 is 0 Å². The number of aliphatic hydroxyl groups is 12. The van der Waals surface area contributed by atoms with E-state index in [9.17, 15) is 90.0 Å². The number of unbranched alkanes of at least 4 members (excludes halogenated alkanes) is 3. The number of nitrogens with one attached hydrogen (secondary N) is 6. The van der Waals surface area contributed by atoms with Crippen LogP contribution in [0.15, 0.2) is 0 Å². The summed E-state index contributed by atoms with van der Waals surface area (Å²) < 4.78 is 0. The lowest BCUT2D eigenvalue weighted by molar-refractivity contribution is -0.207. The molecule has 2 unspecified atom stereocenters. The molecule has 16 rings (SSSR count). The molecule has 0 saturated heterocycles. The van der Waals surface area contributed by atoms with E-state index in [1.165, 1.54) is 0 Å². The van der Waals surface area contributed by atoms with Crippen molar-refractivity contribution in [2.24, 2.45) is 185 Å². The van der Waals surface area contributed by atoms with Gasteiger partial charge in [-0.15, -0.1) is 0 Å². The molecule has 16 fully saturated rings. The van der Waals surface area contributed by atoms with Crippen molar-refractivity contribution in [2.45, 2.75) is 451 Å². The second kappa shape index (κ2) is 42.1. The number of carbonyl (C=O) groups excluding carboxylic acids is 6. The Labute approximate surface area is 815 Å². The first-order valence-corrected chi connectivity index (χ1v) is 56.3. The monoisotopic (exact) mass is 1910 g/mol. The van der Waals surface area contributed by atoms with Crippen LogP contribution in [0.1, 0.15) is 366 Å². The molecule has 0 aromatic carbocycles. The molecule has 774 valence electrons. The summed E-state index contributed by atoms with van der Waals surface area (Å²) in [5, 5.41) is 159. The molecule has 0 heterocycles. The van der Waals surface area contributed by atoms with E-state index in [1.54, 1.807) is 0 Å². The molecular formula is C112H188N6O18. The Morgan fingerprint density at radius 3 is 0.743 bits per heavy atom. The number of hydrogen-bond acceptors (Lipinski definition) is 18. The first kappa shape index (κ1) is 105. The van der Waals surface area contributed by atoms with Crippen molar-refractivity contribution in [3.8, 4) is 0 Å². The Morgan fingerprint density at radius 1 is 0.265 bits per heavy atom. The average molecular weight is 1910 g/mol. The lowest BCUT2D eigenvalue weighted by Gasteiger charge is -2.63.